The first-order valence-electron chi connectivity index (χ1n) is 7.40. The van der Waals surface area contributed by atoms with E-state index in [1.54, 1.807) is 18.9 Å². The average Bonchev–Trinajstić information content (AvgIpc) is 2.95. The van der Waals surface area contributed by atoms with Gasteiger partial charge in [-0.15, -0.1) is 0 Å². The van der Waals surface area contributed by atoms with Crippen molar-refractivity contribution < 1.29 is 19.0 Å². The number of rotatable bonds is 6. The lowest BCUT2D eigenvalue weighted by molar-refractivity contribution is 0.0492. The molecule has 0 amide bonds. The molecular formula is C18H18N2O4. The molecule has 6 nitrogen and oxygen atoms in total. The Kier molecular flexibility index (Phi) is 4.48. The van der Waals surface area contributed by atoms with Crippen molar-refractivity contribution in [2.75, 3.05) is 21.0 Å². The van der Waals surface area contributed by atoms with Crippen LogP contribution < -0.4 is 9.47 Å². The SMILES string of the molecule is COCOc1ccc(-c2ccc3c(C=O)nn(C)c3c2)cc1OC. The van der Waals surface area contributed by atoms with E-state index in [2.05, 4.69) is 5.10 Å². The third-order valence-corrected chi connectivity index (χ3v) is 3.82. The molecular weight excluding hydrogens is 308 g/mol. The topological polar surface area (TPSA) is 62.6 Å². The molecule has 0 atom stereocenters. The molecule has 3 rings (SSSR count). The number of hydrogen-bond donors (Lipinski definition) is 0. The molecule has 0 aliphatic carbocycles. The number of fused-ring (bicyclic) bond motifs is 1. The van der Waals surface area contributed by atoms with Crippen molar-refractivity contribution >= 4 is 17.2 Å². The summed E-state index contributed by atoms with van der Waals surface area (Å²) in [5, 5.41) is 5.05. The van der Waals surface area contributed by atoms with Crippen LogP contribution in [0.3, 0.4) is 0 Å². The standard InChI is InChI=1S/C18H18N2O4/c1-20-16-8-12(4-6-14(16)15(10-21)19-20)13-5-7-17(24-11-22-2)18(9-13)23-3/h4-10H,11H2,1-3H3. The first kappa shape index (κ1) is 16.0. The summed E-state index contributed by atoms with van der Waals surface area (Å²) in [6, 6.07) is 11.6. The van der Waals surface area contributed by atoms with Crippen molar-refractivity contribution in [3.8, 4) is 22.6 Å². The summed E-state index contributed by atoms with van der Waals surface area (Å²) in [6.07, 6.45) is 0.771. The summed E-state index contributed by atoms with van der Waals surface area (Å²) in [7, 11) is 4.98. The Morgan fingerprint density at radius 1 is 1.08 bits per heavy atom. The first-order chi connectivity index (χ1) is 11.7. The zero-order valence-electron chi connectivity index (χ0n) is 13.8. The molecule has 0 radical (unpaired) electrons. The number of aromatic nitrogens is 2. The monoisotopic (exact) mass is 326 g/mol. The van der Waals surface area contributed by atoms with Crippen LogP contribution in [0.4, 0.5) is 0 Å². The molecule has 1 aromatic heterocycles. The fourth-order valence-corrected chi connectivity index (χ4v) is 2.64. The van der Waals surface area contributed by atoms with Crippen molar-refractivity contribution in [2.45, 2.75) is 0 Å². The van der Waals surface area contributed by atoms with Gasteiger partial charge in [0.1, 0.15) is 5.69 Å². The number of ether oxygens (including phenoxy) is 3. The van der Waals surface area contributed by atoms with Crippen molar-refractivity contribution in [2.24, 2.45) is 7.05 Å². The lowest BCUT2D eigenvalue weighted by Crippen LogP contribution is -2.00. The molecule has 124 valence electrons. The minimum atomic E-state index is 0.158. The highest BCUT2D eigenvalue weighted by Crippen LogP contribution is 2.33. The van der Waals surface area contributed by atoms with Gasteiger partial charge in [-0.25, -0.2) is 0 Å². The van der Waals surface area contributed by atoms with Gasteiger partial charge in [0.15, 0.2) is 24.6 Å². The summed E-state index contributed by atoms with van der Waals surface area (Å²) >= 11 is 0. The van der Waals surface area contributed by atoms with Crippen LogP contribution in [0.1, 0.15) is 10.5 Å². The van der Waals surface area contributed by atoms with Crippen LogP contribution >= 0.6 is 0 Å². The molecule has 0 fully saturated rings. The molecule has 1 heterocycles. The first-order valence-corrected chi connectivity index (χ1v) is 7.40. The summed E-state index contributed by atoms with van der Waals surface area (Å²) in [5.74, 6) is 1.25. The number of aryl methyl sites for hydroxylation is 1. The highest BCUT2D eigenvalue weighted by atomic mass is 16.7. The highest BCUT2D eigenvalue weighted by Gasteiger charge is 2.11. The molecule has 0 spiro atoms. The van der Waals surface area contributed by atoms with E-state index < -0.39 is 0 Å². The van der Waals surface area contributed by atoms with Crippen LogP contribution in [0.15, 0.2) is 36.4 Å². The Morgan fingerprint density at radius 2 is 1.83 bits per heavy atom. The largest absolute Gasteiger partial charge is 0.493 e. The average molecular weight is 326 g/mol. The van der Waals surface area contributed by atoms with E-state index in [1.807, 2.05) is 43.4 Å². The number of carbonyl (C=O) groups is 1. The summed E-state index contributed by atoms with van der Waals surface area (Å²) in [5.41, 5.74) is 3.32. The quantitative estimate of drug-likeness (QED) is 0.515. The molecule has 6 heteroatoms. The van der Waals surface area contributed by atoms with Gasteiger partial charge in [-0.05, 0) is 35.4 Å². The molecule has 0 bridgehead atoms. The van der Waals surface area contributed by atoms with Gasteiger partial charge < -0.3 is 14.2 Å². The number of nitrogens with zero attached hydrogens (tertiary/aromatic N) is 2. The van der Waals surface area contributed by atoms with Crippen molar-refractivity contribution in [3.63, 3.8) is 0 Å². The van der Waals surface area contributed by atoms with Gasteiger partial charge in [-0.1, -0.05) is 12.1 Å². The smallest absolute Gasteiger partial charge is 0.188 e. The second kappa shape index (κ2) is 6.72. The molecule has 24 heavy (non-hydrogen) atoms. The van der Waals surface area contributed by atoms with Crippen molar-refractivity contribution in [1.82, 2.24) is 9.78 Å². The second-order valence-electron chi connectivity index (χ2n) is 5.28. The van der Waals surface area contributed by atoms with E-state index in [9.17, 15) is 4.79 Å². The number of aldehydes is 1. The third kappa shape index (κ3) is 2.83. The van der Waals surface area contributed by atoms with Crippen molar-refractivity contribution in [1.29, 1.82) is 0 Å². The molecule has 0 saturated carbocycles. The molecule has 0 aliphatic heterocycles. The van der Waals surface area contributed by atoms with Gasteiger partial charge in [0.25, 0.3) is 0 Å². The minimum absolute atomic E-state index is 0.158. The third-order valence-electron chi connectivity index (χ3n) is 3.82. The molecule has 0 saturated heterocycles. The lowest BCUT2D eigenvalue weighted by atomic mass is 10.0. The molecule has 3 aromatic rings. The van der Waals surface area contributed by atoms with Crippen LogP contribution in [0.5, 0.6) is 11.5 Å². The Hall–Kier alpha value is -2.86. The van der Waals surface area contributed by atoms with Gasteiger partial charge in [-0.3, -0.25) is 9.48 Å². The van der Waals surface area contributed by atoms with E-state index in [1.165, 1.54) is 0 Å². The maximum absolute atomic E-state index is 11.1. The molecule has 0 N–H and O–H groups in total. The lowest BCUT2D eigenvalue weighted by Gasteiger charge is -2.12. The van der Waals surface area contributed by atoms with Gasteiger partial charge >= 0.3 is 0 Å². The van der Waals surface area contributed by atoms with E-state index >= 15 is 0 Å². The fraction of sp³-hybridized carbons (Fsp3) is 0.222. The van der Waals surface area contributed by atoms with Crippen molar-refractivity contribution in [3.05, 3.63) is 42.1 Å². The van der Waals surface area contributed by atoms with Crippen LogP contribution in [0.2, 0.25) is 0 Å². The van der Waals surface area contributed by atoms with Gasteiger partial charge in [0.05, 0.1) is 12.6 Å². The Morgan fingerprint density at radius 3 is 2.54 bits per heavy atom. The Labute approximate surface area is 139 Å². The normalized spacial score (nSPS) is 10.8. The zero-order valence-corrected chi connectivity index (χ0v) is 13.8. The molecule has 0 unspecified atom stereocenters. The van der Waals surface area contributed by atoms with Gasteiger partial charge in [-0.2, -0.15) is 5.10 Å². The fourth-order valence-electron chi connectivity index (χ4n) is 2.64. The van der Waals surface area contributed by atoms with Crippen LogP contribution in [0.25, 0.3) is 22.0 Å². The molecule has 0 aliphatic rings. The molecule has 2 aromatic carbocycles. The predicted octanol–water partition coefficient (Wildman–Crippen LogP) is 3.04. The van der Waals surface area contributed by atoms with Gasteiger partial charge in [0, 0.05) is 19.5 Å². The predicted molar refractivity (Wildman–Crippen MR) is 90.6 cm³/mol. The Bertz CT molecular complexity index is 886. The minimum Gasteiger partial charge on any atom is -0.493 e. The maximum Gasteiger partial charge on any atom is 0.188 e. The van der Waals surface area contributed by atoms with E-state index in [4.69, 9.17) is 14.2 Å². The summed E-state index contributed by atoms with van der Waals surface area (Å²) in [6.45, 7) is 0.158. The van der Waals surface area contributed by atoms with Crippen LogP contribution in [-0.4, -0.2) is 37.1 Å². The zero-order chi connectivity index (χ0) is 17.1. The van der Waals surface area contributed by atoms with Gasteiger partial charge in [0.2, 0.25) is 0 Å². The highest BCUT2D eigenvalue weighted by molar-refractivity contribution is 5.97. The van der Waals surface area contributed by atoms with E-state index in [0.29, 0.717) is 17.2 Å². The Balaban J connectivity index is 2.03. The maximum atomic E-state index is 11.1. The van der Waals surface area contributed by atoms with Crippen LogP contribution in [0, 0.1) is 0 Å². The summed E-state index contributed by atoms with van der Waals surface area (Å²) in [4.78, 5) is 11.1. The number of hydrogen-bond acceptors (Lipinski definition) is 5. The van der Waals surface area contributed by atoms with E-state index in [-0.39, 0.29) is 6.79 Å². The summed E-state index contributed by atoms with van der Waals surface area (Å²) < 4.78 is 17.5. The van der Waals surface area contributed by atoms with Crippen LogP contribution in [-0.2, 0) is 11.8 Å². The number of carbonyl (C=O) groups excluding carboxylic acids is 1. The number of benzene rings is 2. The van der Waals surface area contributed by atoms with E-state index in [0.717, 1.165) is 28.3 Å². The number of methoxy groups -OCH3 is 2. The second-order valence-corrected chi connectivity index (χ2v) is 5.28.